The van der Waals surface area contributed by atoms with Gasteiger partial charge in [0.2, 0.25) is 0 Å². The summed E-state index contributed by atoms with van der Waals surface area (Å²) in [4.78, 5) is 7.17. The standard InChI is InChI=1S/C19H27N3O2/c1-5-21-9-6-7-15(21)13-22-10-8-20-19(22)16-11-14(2)12-17(23-3)18(16)24-4/h8,10-12,15H,5-7,9,13H2,1-4H3. The third-order valence-corrected chi connectivity index (χ3v) is 4.89. The molecule has 5 heteroatoms. The molecule has 2 heterocycles. The second kappa shape index (κ2) is 7.26. The lowest BCUT2D eigenvalue weighted by atomic mass is 10.1. The Balaban J connectivity index is 1.97. The van der Waals surface area contributed by atoms with Gasteiger partial charge in [-0.2, -0.15) is 0 Å². The molecule has 1 aliphatic rings. The molecule has 24 heavy (non-hydrogen) atoms. The quantitative estimate of drug-likeness (QED) is 0.815. The van der Waals surface area contributed by atoms with Crippen molar-refractivity contribution in [1.29, 1.82) is 0 Å². The number of aryl methyl sites for hydroxylation is 1. The Kier molecular flexibility index (Phi) is 5.09. The number of ether oxygens (including phenoxy) is 2. The highest BCUT2D eigenvalue weighted by Gasteiger charge is 2.25. The molecule has 1 aliphatic heterocycles. The average Bonchev–Trinajstić information content (AvgIpc) is 3.23. The zero-order valence-electron chi connectivity index (χ0n) is 15.1. The molecule has 5 nitrogen and oxygen atoms in total. The van der Waals surface area contributed by atoms with Gasteiger partial charge in [-0.05, 0) is 50.6 Å². The highest BCUT2D eigenvalue weighted by molar-refractivity contribution is 5.70. The van der Waals surface area contributed by atoms with E-state index in [4.69, 9.17) is 9.47 Å². The van der Waals surface area contributed by atoms with E-state index in [1.807, 2.05) is 12.3 Å². The van der Waals surface area contributed by atoms with Crippen molar-refractivity contribution in [2.45, 2.75) is 39.3 Å². The Bertz CT molecular complexity index is 696. The number of nitrogens with zero attached hydrogens (tertiary/aromatic N) is 3. The summed E-state index contributed by atoms with van der Waals surface area (Å²) in [5.41, 5.74) is 2.12. The number of hydrogen-bond donors (Lipinski definition) is 0. The highest BCUT2D eigenvalue weighted by Crippen LogP contribution is 2.38. The Morgan fingerprint density at radius 2 is 2.08 bits per heavy atom. The van der Waals surface area contributed by atoms with E-state index in [1.54, 1.807) is 14.2 Å². The molecule has 1 aromatic carbocycles. The van der Waals surface area contributed by atoms with E-state index in [-0.39, 0.29) is 0 Å². The fraction of sp³-hybridized carbons (Fsp3) is 0.526. The van der Waals surface area contributed by atoms with Crippen LogP contribution in [0.3, 0.4) is 0 Å². The van der Waals surface area contributed by atoms with Crippen LogP contribution in [0, 0.1) is 6.92 Å². The zero-order valence-corrected chi connectivity index (χ0v) is 15.1. The van der Waals surface area contributed by atoms with Crippen molar-refractivity contribution < 1.29 is 9.47 Å². The van der Waals surface area contributed by atoms with E-state index in [0.717, 1.165) is 41.5 Å². The summed E-state index contributed by atoms with van der Waals surface area (Å²) in [6, 6.07) is 4.69. The first-order chi connectivity index (χ1) is 11.7. The monoisotopic (exact) mass is 329 g/mol. The molecule has 0 saturated carbocycles. The largest absolute Gasteiger partial charge is 0.493 e. The van der Waals surface area contributed by atoms with Crippen molar-refractivity contribution in [3.05, 3.63) is 30.1 Å². The van der Waals surface area contributed by atoms with E-state index >= 15 is 0 Å². The normalized spacial score (nSPS) is 18.1. The summed E-state index contributed by atoms with van der Waals surface area (Å²) in [7, 11) is 3.35. The summed E-state index contributed by atoms with van der Waals surface area (Å²) in [6.07, 6.45) is 6.47. The van der Waals surface area contributed by atoms with Gasteiger partial charge < -0.3 is 14.0 Å². The van der Waals surface area contributed by atoms with Gasteiger partial charge in [0, 0.05) is 25.0 Å². The molecule has 0 aliphatic carbocycles. The van der Waals surface area contributed by atoms with Crippen LogP contribution in [0.4, 0.5) is 0 Å². The minimum atomic E-state index is 0.584. The molecular formula is C19H27N3O2. The number of likely N-dealkylation sites (N-methyl/N-ethyl adjacent to an activating group) is 1. The van der Waals surface area contributed by atoms with E-state index < -0.39 is 0 Å². The van der Waals surface area contributed by atoms with Gasteiger partial charge in [-0.15, -0.1) is 0 Å². The van der Waals surface area contributed by atoms with Gasteiger partial charge in [-0.1, -0.05) is 6.92 Å². The van der Waals surface area contributed by atoms with Gasteiger partial charge in [0.1, 0.15) is 5.82 Å². The van der Waals surface area contributed by atoms with Gasteiger partial charge in [0.05, 0.1) is 19.8 Å². The molecule has 1 unspecified atom stereocenters. The van der Waals surface area contributed by atoms with Crippen LogP contribution in [0.25, 0.3) is 11.4 Å². The smallest absolute Gasteiger partial charge is 0.171 e. The maximum atomic E-state index is 5.62. The van der Waals surface area contributed by atoms with Gasteiger partial charge in [-0.25, -0.2) is 4.98 Å². The first-order valence-corrected chi connectivity index (χ1v) is 8.66. The Morgan fingerprint density at radius 1 is 1.25 bits per heavy atom. The molecule has 0 N–H and O–H groups in total. The van der Waals surface area contributed by atoms with Crippen LogP contribution >= 0.6 is 0 Å². The molecule has 0 bridgehead atoms. The van der Waals surface area contributed by atoms with Crippen molar-refractivity contribution in [1.82, 2.24) is 14.5 Å². The molecule has 0 radical (unpaired) electrons. The summed E-state index contributed by atoms with van der Waals surface area (Å²) < 4.78 is 13.4. The van der Waals surface area contributed by atoms with Gasteiger partial charge in [0.25, 0.3) is 0 Å². The lowest BCUT2D eigenvalue weighted by Gasteiger charge is -2.24. The first-order valence-electron chi connectivity index (χ1n) is 8.66. The van der Waals surface area contributed by atoms with Crippen LogP contribution in [0.2, 0.25) is 0 Å². The predicted molar refractivity (Wildman–Crippen MR) is 95.8 cm³/mol. The number of rotatable bonds is 6. The average molecular weight is 329 g/mol. The molecule has 0 amide bonds. The fourth-order valence-electron chi connectivity index (χ4n) is 3.71. The van der Waals surface area contributed by atoms with Crippen molar-refractivity contribution in [3.63, 3.8) is 0 Å². The van der Waals surface area contributed by atoms with E-state index in [1.165, 1.54) is 19.4 Å². The van der Waals surface area contributed by atoms with Crippen LogP contribution in [0.5, 0.6) is 11.5 Å². The van der Waals surface area contributed by atoms with Crippen LogP contribution in [0.15, 0.2) is 24.5 Å². The minimum Gasteiger partial charge on any atom is -0.493 e. The molecule has 130 valence electrons. The van der Waals surface area contributed by atoms with Gasteiger partial charge >= 0.3 is 0 Å². The highest BCUT2D eigenvalue weighted by atomic mass is 16.5. The predicted octanol–water partition coefficient (Wildman–Crippen LogP) is 3.36. The Morgan fingerprint density at radius 3 is 2.79 bits per heavy atom. The lowest BCUT2D eigenvalue weighted by Crippen LogP contribution is -2.32. The van der Waals surface area contributed by atoms with Crippen LogP contribution in [-0.2, 0) is 6.54 Å². The van der Waals surface area contributed by atoms with Gasteiger partial charge in [0.15, 0.2) is 11.5 Å². The number of methoxy groups -OCH3 is 2. The van der Waals surface area contributed by atoms with Crippen molar-refractivity contribution in [2.75, 3.05) is 27.3 Å². The van der Waals surface area contributed by atoms with Crippen LogP contribution in [0.1, 0.15) is 25.3 Å². The minimum absolute atomic E-state index is 0.584. The van der Waals surface area contributed by atoms with E-state index in [2.05, 4.69) is 40.6 Å². The van der Waals surface area contributed by atoms with Gasteiger partial charge in [-0.3, -0.25) is 4.90 Å². The number of hydrogen-bond acceptors (Lipinski definition) is 4. The van der Waals surface area contributed by atoms with E-state index in [0.29, 0.717) is 6.04 Å². The SMILES string of the molecule is CCN1CCCC1Cn1ccnc1-c1cc(C)cc(OC)c1OC. The molecule has 1 fully saturated rings. The van der Waals surface area contributed by atoms with Crippen LogP contribution < -0.4 is 9.47 Å². The number of benzene rings is 1. The molecule has 1 aromatic heterocycles. The molecule has 2 aromatic rings. The lowest BCUT2D eigenvalue weighted by molar-refractivity contribution is 0.245. The van der Waals surface area contributed by atoms with Crippen molar-refractivity contribution in [3.8, 4) is 22.9 Å². The second-order valence-corrected chi connectivity index (χ2v) is 6.38. The molecule has 1 saturated heterocycles. The molecule has 3 rings (SSSR count). The summed E-state index contributed by atoms with van der Waals surface area (Å²) in [5.74, 6) is 2.43. The number of likely N-dealkylation sites (tertiary alicyclic amines) is 1. The summed E-state index contributed by atoms with van der Waals surface area (Å²) >= 11 is 0. The third kappa shape index (κ3) is 3.13. The maximum Gasteiger partial charge on any atom is 0.171 e. The zero-order chi connectivity index (χ0) is 17.1. The molecule has 0 spiro atoms. The fourth-order valence-corrected chi connectivity index (χ4v) is 3.71. The first kappa shape index (κ1) is 16.8. The summed E-state index contributed by atoms with van der Waals surface area (Å²) in [6.45, 7) is 7.57. The molecular weight excluding hydrogens is 302 g/mol. The van der Waals surface area contributed by atoms with E-state index in [9.17, 15) is 0 Å². The summed E-state index contributed by atoms with van der Waals surface area (Å²) in [5, 5.41) is 0. The second-order valence-electron chi connectivity index (χ2n) is 6.38. The maximum absolute atomic E-state index is 5.62. The van der Waals surface area contributed by atoms with Crippen LogP contribution in [-0.4, -0.2) is 47.8 Å². The number of imidazole rings is 1. The topological polar surface area (TPSA) is 39.5 Å². The number of aromatic nitrogens is 2. The van der Waals surface area contributed by atoms with Crippen molar-refractivity contribution >= 4 is 0 Å². The Hall–Kier alpha value is -2.01. The Labute approximate surface area is 144 Å². The van der Waals surface area contributed by atoms with Crippen molar-refractivity contribution in [2.24, 2.45) is 0 Å². The molecule has 1 atom stereocenters. The third-order valence-electron chi connectivity index (χ3n) is 4.89.